The topological polar surface area (TPSA) is 51.0 Å². The molecule has 5 nitrogen and oxygen atoms in total. The molecule has 1 unspecified atom stereocenters. The summed E-state index contributed by atoms with van der Waals surface area (Å²) in [5.74, 6) is 1.11. The number of benzene rings is 1. The molecule has 1 atom stereocenters. The molecule has 1 amide bonds. The highest BCUT2D eigenvalue weighted by Gasteiger charge is 2.22. The van der Waals surface area contributed by atoms with Crippen molar-refractivity contribution in [3.05, 3.63) is 42.2 Å². The second-order valence-electron chi connectivity index (χ2n) is 4.83. The molecule has 0 saturated carbocycles. The molecular formula is C14H16N4OS. The molecule has 104 valence electrons. The molecule has 0 bridgehead atoms. The fourth-order valence-corrected chi connectivity index (χ4v) is 3.33. The van der Waals surface area contributed by atoms with Crippen LogP contribution < -0.4 is 0 Å². The minimum atomic E-state index is 0.0964. The molecule has 1 aliphatic heterocycles. The van der Waals surface area contributed by atoms with Gasteiger partial charge in [-0.25, -0.2) is 4.68 Å². The van der Waals surface area contributed by atoms with Crippen LogP contribution in [0.5, 0.6) is 0 Å². The first-order chi connectivity index (χ1) is 9.74. The van der Waals surface area contributed by atoms with E-state index in [9.17, 15) is 4.79 Å². The zero-order valence-corrected chi connectivity index (χ0v) is 12.1. The van der Waals surface area contributed by atoms with Crippen LogP contribution in [0.25, 0.3) is 5.69 Å². The van der Waals surface area contributed by atoms with E-state index in [2.05, 4.69) is 17.2 Å². The molecule has 0 aliphatic carbocycles. The molecule has 0 spiro atoms. The fraction of sp³-hybridized carbons (Fsp3) is 0.357. The highest BCUT2D eigenvalue weighted by Crippen LogP contribution is 2.20. The molecule has 0 N–H and O–H groups in total. The number of hydrogen-bond acceptors (Lipinski definition) is 4. The van der Waals surface area contributed by atoms with Crippen LogP contribution in [0.3, 0.4) is 0 Å². The summed E-state index contributed by atoms with van der Waals surface area (Å²) in [5, 5.41) is 8.24. The Balaban J connectivity index is 1.83. The second kappa shape index (κ2) is 5.66. The molecule has 1 aliphatic rings. The Hall–Kier alpha value is -1.82. The molecule has 3 rings (SSSR count). The lowest BCUT2D eigenvalue weighted by molar-refractivity contribution is 0.0763. The molecule has 20 heavy (non-hydrogen) atoms. The molecular weight excluding hydrogens is 272 g/mol. The molecule has 6 heteroatoms. The summed E-state index contributed by atoms with van der Waals surface area (Å²) in [7, 11) is 0. The Labute approximate surface area is 122 Å². The van der Waals surface area contributed by atoms with Gasteiger partial charge in [0.1, 0.15) is 0 Å². The summed E-state index contributed by atoms with van der Waals surface area (Å²) in [6.45, 7) is 3.80. The van der Waals surface area contributed by atoms with Crippen molar-refractivity contribution >= 4 is 17.7 Å². The molecule has 1 saturated heterocycles. The van der Waals surface area contributed by atoms with Gasteiger partial charge in [0.2, 0.25) is 0 Å². The molecule has 1 aromatic heterocycles. The van der Waals surface area contributed by atoms with E-state index in [1.807, 2.05) is 40.9 Å². The van der Waals surface area contributed by atoms with Crippen LogP contribution in [-0.4, -0.2) is 49.9 Å². The first-order valence-corrected chi connectivity index (χ1v) is 7.66. The lowest BCUT2D eigenvalue weighted by atomic mass is 10.1. The standard InChI is InChI=1S/C14H16N4OS/c1-11-10-17(7-8-20-11)14(19)12-3-2-4-13(9-12)18-6-5-15-16-18/h2-6,9,11H,7-8,10H2,1H3. The number of hydrogen-bond donors (Lipinski definition) is 0. The van der Waals surface area contributed by atoms with E-state index in [0.717, 1.165) is 24.5 Å². The van der Waals surface area contributed by atoms with Gasteiger partial charge in [-0.05, 0) is 18.2 Å². The zero-order valence-electron chi connectivity index (χ0n) is 11.3. The van der Waals surface area contributed by atoms with Gasteiger partial charge in [-0.1, -0.05) is 18.2 Å². The van der Waals surface area contributed by atoms with E-state index in [1.165, 1.54) is 0 Å². The Morgan fingerprint density at radius 2 is 2.35 bits per heavy atom. The van der Waals surface area contributed by atoms with Crippen molar-refractivity contribution in [1.29, 1.82) is 0 Å². The van der Waals surface area contributed by atoms with Crippen molar-refractivity contribution in [3.8, 4) is 5.69 Å². The minimum Gasteiger partial charge on any atom is -0.337 e. The number of nitrogens with zero attached hydrogens (tertiary/aromatic N) is 4. The highest BCUT2D eigenvalue weighted by atomic mass is 32.2. The second-order valence-corrected chi connectivity index (χ2v) is 6.38. The number of amides is 1. The fourth-order valence-electron chi connectivity index (χ4n) is 2.31. The summed E-state index contributed by atoms with van der Waals surface area (Å²) in [4.78, 5) is 14.5. The Kier molecular flexibility index (Phi) is 3.73. The summed E-state index contributed by atoms with van der Waals surface area (Å²) < 4.78 is 1.66. The molecule has 1 aromatic carbocycles. The van der Waals surface area contributed by atoms with E-state index >= 15 is 0 Å². The summed E-state index contributed by atoms with van der Waals surface area (Å²) >= 11 is 1.92. The zero-order chi connectivity index (χ0) is 13.9. The SMILES string of the molecule is CC1CN(C(=O)c2cccc(-n3ccnn3)c2)CCS1. The van der Waals surface area contributed by atoms with Crippen molar-refractivity contribution in [2.45, 2.75) is 12.2 Å². The van der Waals surface area contributed by atoms with Gasteiger partial charge in [-0.15, -0.1) is 5.10 Å². The first kappa shape index (κ1) is 13.2. The first-order valence-electron chi connectivity index (χ1n) is 6.61. The van der Waals surface area contributed by atoms with Crippen LogP contribution in [0, 0.1) is 0 Å². The Bertz CT molecular complexity index is 599. The average molecular weight is 288 g/mol. The van der Waals surface area contributed by atoms with Gasteiger partial charge in [0.15, 0.2) is 0 Å². The molecule has 2 heterocycles. The third-order valence-electron chi connectivity index (χ3n) is 3.31. The van der Waals surface area contributed by atoms with Gasteiger partial charge >= 0.3 is 0 Å². The van der Waals surface area contributed by atoms with Gasteiger partial charge in [-0.2, -0.15) is 11.8 Å². The van der Waals surface area contributed by atoms with E-state index < -0.39 is 0 Å². The number of aromatic nitrogens is 3. The van der Waals surface area contributed by atoms with Gasteiger partial charge in [0.25, 0.3) is 5.91 Å². The van der Waals surface area contributed by atoms with Crippen LogP contribution in [0.1, 0.15) is 17.3 Å². The van der Waals surface area contributed by atoms with E-state index in [4.69, 9.17) is 0 Å². The normalized spacial score (nSPS) is 19.1. The van der Waals surface area contributed by atoms with Crippen LogP contribution >= 0.6 is 11.8 Å². The van der Waals surface area contributed by atoms with Gasteiger partial charge in [0, 0.05) is 29.7 Å². The van der Waals surface area contributed by atoms with Crippen molar-refractivity contribution in [3.63, 3.8) is 0 Å². The van der Waals surface area contributed by atoms with Gasteiger partial charge < -0.3 is 4.90 Å². The van der Waals surface area contributed by atoms with Crippen molar-refractivity contribution in [2.24, 2.45) is 0 Å². The maximum atomic E-state index is 12.5. The largest absolute Gasteiger partial charge is 0.337 e. The summed E-state index contributed by atoms with van der Waals surface area (Å²) in [5.41, 5.74) is 1.56. The number of thioether (sulfide) groups is 1. The number of carbonyl (C=O) groups excluding carboxylic acids is 1. The number of rotatable bonds is 2. The highest BCUT2D eigenvalue weighted by molar-refractivity contribution is 7.99. The number of carbonyl (C=O) groups is 1. The molecule has 1 fully saturated rings. The Morgan fingerprint density at radius 1 is 1.45 bits per heavy atom. The third-order valence-corrected chi connectivity index (χ3v) is 4.44. The molecule has 2 aromatic rings. The lowest BCUT2D eigenvalue weighted by Crippen LogP contribution is -2.41. The van der Waals surface area contributed by atoms with Gasteiger partial charge in [0.05, 0.1) is 18.1 Å². The Morgan fingerprint density at radius 3 is 3.10 bits per heavy atom. The van der Waals surface area contributed by atoms with Crippen molar-refractivity contribution in [2.75, 3.05) is 18.8 Å². The lowest BCUT2D eigenvalue weighted by Gasteiger charge is -2.30. The predicted molar refractivity (Wildman–Crippen MR) is 79.2 cm³/mol. The van der Waals surface area contributed by atoms with Crippen LogP contribution in [-0.2, 0) is 0 Å². The summed E-state index contributed by atoms with van der Waals surface area (Å²) in [6.07, 6.45) is 3.39. The summed E-state index contributed by atoms with van der Waals surface area (Å²) in [6, 6.07) is 7.52. The van der Waals surface area contributed by atoms with E-state index in [1.54, 1.807) is 17.1 Å². The van der Waals surface area contributed by atoms with E-state index in [0.29, 0.717) is 10.8 Å². The smallest absolute Gasteiger partial charge is 0.253 e. The molecule has 0 radical (unpaired) electrons. The average Bonchev–Trinajstić information content (AvgIpc) is 3.01. The van der Waals surface area contributed by atoms with Crippen molar-refractivity contribution < 1.29 is 4.79 Å². The minimum absolute atomic E-state index is 0.0964. The van der Waals surface area contributed by atoms with E-state index in [-0.39, 0.29) is 5.91 Å². The van der Waals surface area contributed by atoms with Crippen LogP contribution in [0.15, 0.2) is 36.7 Å². The predicted octanol–water partition coefficient (Wildman–Crippen LogP) is 1.84. The van der Waals surface area contributed by atoms with Gasteiger partial charge in [-0.3, -0.25) is 4.79 Å². The van der Waals surface area contributed by atoms with Crippen LogP contribution in [0.4, 0.5) is 0 Å². The van der Waals surface area contributed by atoms with Crippen molar-refractivity contribution in [1.82, 2.24) is 19.9 Å². The quantitative estimate of drug-likeness (QED) is 0.846. The third kappa shape index (κ3) is 2.70. The van der Waals surface area contributed by atoms with Crippen LogP contribution in [0.2, 0.25) is 0 Å². The maximum absolute atomic E-state index is 12.5. The monoisotopic (exact) mass is 288 g/mol. The maximum Gasteiger partial charge on any atom is 0.253 e.